The van der Waals surface area contributed by atoms with Crippen molar-refractivity contribution >= 4 is 5.91 Å². The summed E-state index contributed by atoms with van der Waals surface area (Å²) >= 11 is 0. The molecule has 0 unspecified atom stereocenters. The van der Waals surface area contributed by atoms with Crippen molar-refractivity contribution in [3.63, 3.8) is 0 Å². The molecule has 0 fully saturated rings. The number of carbonyl (C=O) groups is 1. The zero-order chi connectivity index (χ0) is 9.97. The fourth-order valence-corrected chi connectivity index (χ4v) is 1.17. The first-order chi connectivity index (χ1) is 6.77. The van der Waals surface area contributed by atoms with Gasteiger partial charge in [0.05, 0.1) is 5.56 Å². The summed E-state index contributed by atoms with van der Waals surface area (Å²) in [6.45, 7) is 0. The molecule has 4 heteroatoms. The summed E-state index contributed by atoms with van der Waals surface area (Å²) in [6.07, 6.45) is 8.39. The Balaban J connectivity index is 2.33. The molecule has 14 heavy (non-hydrogen) atoms. The van der Waals surface area contributed by atoms with Gasteiger partial charge in [0.2, 0.25) is 0 Å². The van der Waals surface area contributed by atoms with E-state index < -0.39 is 0 Å². The fraction of sp³-hybridized carbons (Fsp3) is 0.100. The second kappa shape index (κ2) is 3.41. The minimum absolute atomic E-state index is 0.0666. The molecule has 0 bridgehead atoms. The van der Waals surface area contributed by atoms with Crippen molar-refractivity contribution in [3.8, 4) is 0 Å². The first-order valence-electron chi connectivity index (χ1n) is 4.25. The van der Waals surface area contributed by atoms with Crippen LogP contribution in [0.15, 0.2) is 43.2 Å². The van der Waals surface area contributed by atoms with Crippen molar-refractivity contribution in [2.45, 2.75) is 0 Å². The molecule has 0 saturated carbocycles. The number of nitrogens with zero attached hydrogens (tertiary/aromatic N) is 3. The predicted octanol–water partition coefficient (Wildman–Crippen LogP) is 0.396. The van der Waals surface area contributed by atoms with E-state index in [1.807, 2.05) is 24.0 Å². The Morgan fingerprint density at radius 2 is 2.14 bits per heavy atom. The number of pyridine rings is 1. The Labute approximate surface area is 81.4 Å². The minimum atomic E-state index is -0.0666. The minimum Gasteiger partial charge on any atom is -0.272 e. The number of rotatable bonds is 1. The molecule has 2 aromatic rings. The summed E-state index contributed by atoms with van der Waals surface area (Å²) in [5.41, 5.74) is 0.654. The van der Waals surface area contributed by atoms with E-state index in [0.29, 0.717) is 5.56 Å². The zero-order valence-corrected chi connectivity index (χ0v) is 7.79. The van der Waals surface area contributed by atoms with E-state index in [4.69, 9.17) is 0 Å². The highest BCUT2D eigenvalue weighted by Gasteiger charge is 2.08. The van der Waals surface area contributed by atoms with Crippen LogP contribution in [-0.2, 0) is 7.05 Å². The van der Waals surface area contributed by atoms with Gasteiger partial charge in [0.15, 0.2) is 12.4 Å². The summed E-state index contributed by atoms with van der Waals surface area (Å²) < 4.78 is 3.33. The van der Waals surface area contributed by atoms with Gasteiger partial charge in [-0.3, -0.25) is 9.36 Å². The molecule has 2 rings (SSSR count). The fourth-order valence-electron chi connectivity index (χ4n) is 1.17. The highest BCUT2D eigenvalue weighted by atomic mass is 16.2. The molecule has 4 nitrogen and oxygen atoms in total. The van der Waals surface area contributed by atoms with E-state index in [0.717, 1.165) is 0 Å². The first kappa shape index (κ1) is 8.62. The standard InChI is InChI=1S/C10H10N3O/c1-12-5-2-9(3-6-12)10(14)13-7-4-11-8-13/h2-8H,1H3/q+1. The van der Waals surface area contributed by atoms with Crippen LogP contribution in [0.3, 0.4) is 0 Å². The molecule has 70 valence electrons. The van der Waals surface area contributed by atoms with Crippen molar-refractivity contribution in [2.24, 2.45) is 7.05 Å². The number of hydrogen-bond acceptors (Lipinski definition) is 2. The molecular weight excluding hydrogens is 178 g/mol. The van der Waals surface area contributed by atoms with Crippen LogP contribution >= 0.6 is 0 Å². The average molecular weight is 188 g/mol. The van der Waals surface area contributed by atoms with Gasteiger partial charge in [0, 0.05) is 24.5 Å². The van der Waals surface area contributed by atoms with E-state index in [1.54, 1.807) is 24.5 Å². The SMILES string of the molecule is C[n+]1ccc(C(=O)n2ccnc2)cc1. The van der Waals surface area contributed by atoms with Crippen molar-refractivity contribution in [2.75, 3.05) is 0 Å². The summed E-state index contributed by atoms with van der Waals surface area (Å²) in [6, 6.07) is 3.56. The molecule has 2 heterocycles. The van der Waals surface area contributed by atoms with Crippen LogP contribution in [0, 0.1) is 0 Å². The van der Waals surface area contributed by atoms with E-state index in [9.17, 15) is 4.79 Å². The number of aromatic nitrogens is 3. The third-order valence-electron chi connectivity index (χ3n) is 1.96. The van der Waals surface area contributed by atoms with Crippen LogP contribution in [-0.4, -0.2) is 15.5 Å². The Kier molecular flexibility index (Phi) is 2.10. The third-order valence-corrected chi connectivity index (χ3v) is 1.96. The second-order valence-electron chi connectivity index (χ2n) is 3.03. The van der Waals surface area contributed by atoms with Crippen molar-refractivity contribution in [1.82, 2.24) is 9.55 Å². The highest BCUT2D eigenvalue weighted by Crippen LogP contribution is 1.99. The molecule has 0 radical (unpaired) electrons. The molecule has 2 aromatic heterocycles. The topological polar surface area (TPSA) is 38.8 Å². The van der Waals surface area contributed by atoms with E-state index in [1.165, 1.54) is 10.9 Å². The molecule has 0 aliphatic carbocycles. The molecule has 0 spiro atoms. The van der Waals surface area contributed by atoms with Gasteiger partial charge in [-0.2, -0.15) is 0 Å². The van der Waals surface area contributed by atoms with E-state index >= 15 is 0 Å². The van der Waals surface area contributed by atoms with Gasteiger partial charge >= 0.3 is 0 Å². The molecule has 0 N–H and O–H groups in total. The van der Waals surface area contributed by atoms with Crippen molar-refractivity contribution in [1.29, 1.82) is 0 Å². The van der Waals surface area contributed by atoms with Gasteiger partial charge in [-0.25, -0.2) is 9.55 Å². The molecule has 0 amide bonds. The van der Waals surface area contributed by atoms with Crippen LogP contribution in [0.4, 0.5) is 0 Å². The van der Waals surface area contributed by atoms with Gasteiger partial charge in [0.1, 0.15) is 13.4 Å². The summed E-state index contributed by atoms with van der Waals surface area (Å²) in [4.78, 5) is 15.6. The summed E-state index contributed by atoms with van der Waals surface area (Å²) in [7, 11) is 1.91. The zero-order valence-electron chi connectivity index (χ0n) is 7.79. The van der Waals surface area contributed by atoms with Crippen LogP contribution < -0.4 is 4.57 Å². The molecule has 0 aliphatic rings. The van der Waals surface area contributed by atoms with Gasteiger partial charge in [-0.05, 0) is 0 Å². The number of carbonyl (C=O) groups excluding carboxylic acids is 1. The second-order valence-corrected chi connectivity index (χ2v) is 3.03. The molecule has 0 atom stereocenters. The molecular formula is C10H10N3O+. The maximum Gasteiger partial charge on any atom is 0.263 e. The van der Waals surface area contributed by atoms with Crippen LogP contribution in [0.5, 0.6) is 0 Å². The third kappa shape index (κ3) is 1.54. The molecule has 0 saturated heterocycles. The van der Waals surface area contributed by atoms with Gasteiger partial charge < -0.3 is 0 Å². The maximum atomic E-state index is 11.7. The molecule has 0 aromatic carbocycles. The van der Waals surface area contributed by atoms with Crippen LogP contribution in [0.25, 0.3) is 0 Å². The van der Waals surface area contributed by atoms with Crippen molar-refractivity contribution < 1.29 is 9.36 Å². The lowest BCUT2D eigenvalue weighted by Crippen LogP contribution is -2.26. The first-order valence-corrected chi connectivity index (χ1v) is 4.25. The predicted molar refractivity (Wildman–Crippen MR) is 49.6 cm³/mol. The normalized spacial score (nSPS) is 10.1. The van der Waals surface area contributed by atoms with Crippen LogP contribution in [0.2, 0.25) is 0 Å². The molecule has 0 aliphatic heterocycles. The van der Waals surface area contributed by atoms with E-state index in [-0.39, 0.29) is 5.91 Å². The van der Waals surface area contributed by atoms with Gasteiger partial charge in [-0.1, -0.05) is 0 Å². The van der Waals surface area contributed by atoms with Crippen LogP contribution in [0.1, 0.15) is 10.4 Å². The lowest BCUT2D eigenvalue weighted by Gasteiger charge is -1.98. The highest BCUT2D eigenvalue weighted by molar-refractivity contribution is 5.95. The number of hydrogen-bond donors (Lipinski definition) is 0. The Bertz CT molecular complexity index is 431. The van der Waals surface area contributed by atoms with Gasteiger partial charge in [-0.15, -0.1) is 0 Å². The van der Waals surface area contributed by atoms with Crippen molar-refractivity contribution in [3.05, 3.63) is 48.8 Å². The van der Waals surface area contributed by atoms with Gasteiger partial charge in [0.25, 0.3) is 5.91 Å². The summed E-state index contributed by atoms with van der Waals surface area (Å²) in [5, 5.41) is 0. The summed E-state index contributed by atoms with van der Waals surface area (Å²) in [5.74, 6) is -0.0666. The maximum absolute atomic E-state index is 11.7. The Morgan fingerprint density at radius 1 is 1.43 bits per heavy atom. The van der Waals surface area contributed by atoms with E-state index in [2.05, 4.69) is 4.98 Å². The average Bonchev–Trinajstić information content (AvgIpc) is 2.71. The largest absolute Gasteiger partial charge is 0.272 e. The Morgan fingerprint density at radius 3 is 2.71 bits per heavy atom. The monoisotopic (exact) mass is 188 g/mol. The lowest BCUT2D eigenvalue weighted by molar-refractivity contribution is -0.671. The number of aryl methyl sites for hydroxylation is 1. The smallest absolute Gasteiger partial charge is 0.263 e. The lowest BCUT2D eigenvalue weighted by atomic mass is 10.2. The number of imidazole rings is 1. The quantitative estimate of drug-likeness (QED) is 0.607. The Hall–Kier alpha value is -1.97.